The Hall–Kier alpha value is -4.12. The highest BCUT2D eigenvalue weighted by atomic mass is 15.7. The standard InChI is InChI=1S/C34H35N5/c1-5-8-12-24-17-19-25(20-18-24)37-22-21-35-33(37)39-32-34(6-2,7-3)23(4)26-15-11-16-28-27-13-9-10-14-29(27)31(36-39)38(32)30(26)28/h9-11,13-22,32H,4-8,12H2,1-3H3. The molecule has 0 saturated carbocycles. The van der Waals surface area contributed by atoms with Crippen LogP contribution in [0.2, 0.25) is 0 Å². The number of fused-ring (bicyclic) bond motifs is 3. The number of aromatic nitrogens is 2. The van der Waals surface area contributed by atoms with E-state index in [2.05, 4.69) is 108 Å². The molecule has 196 valence electrons. The Bertz CT molecular complexity index is 1600. The summed E-state index contributed by atoms with van der Waals surface area (Å²) in [6.45, 7) is 11.6. The molecule has 5 heteroatoms. The van der Waals surface area contributed by atoms with E-state index < -0.39 is 0 Å². The highest BCUT2D eigenvalue weighted by Gasteiger charge is 2.57. The smallest absolute Gasteiger partial charge is 0.233 e. The van der Waals surface area contributed by atoms with Gasteiger partial charge in [0.05, 0.1) is 5.69 Å². The van der Waals surface area contributed by atoms with E-state index in [-0.39, 0.29) is 11.6 Å². The van der Waals surface area contributed by atoms with Crippen molar-refractivity contribution in [1.29, 1.82) is 0 Å². The predicted octanol–water partition coefficient (Wildman–Crippen LogP) is 8.04. The van der Waals surface area contributed by atoms with E-state index in [9.17, 15) is 0 Å². The maximum atomic E-state index is 5.40. The van der Waals surface area contributed by atoms with E-state index in [1.54, 1.807) is 0 Å². The number of unbranched alkanes of at least 4 members (excludes halogenated alkanes) is 1. The second kappa shape index (κ2) is 8.98. The van der Waals surface area contributed by atoms with Crippen molar-refractivity contribution in [2.75, 3.05) is 9.91 Å². The molecular formula is C34H35N5. The third-order valence-electron chi connectivity index (χ3n) is 9.18. The summed E-state index contributed by atoms with van der Waals surface area (Å²) in [7, 11) is 0. The van der Waals surface area contributed by atoms with Crippen molar-refractivity contribution in [3.8, 4) is 16.8 Å². The molecule has 0 spiro atoms. The average molecular weight is 514 g/mol. The van der Waals surface area contributed by atoms with Crippen LogP contribution in [0.25, 0.3) is 22.4 Å². The fraction of sp³-hybridized carbons (Fsp3) is 0.294. The van der Waals surface area contributed by atoms with Crippen molar-refractivity contribution in [2.24, 2.45) is 10.5 Å². The Morgan fingerprint density at radius 1 is 0.846 bits per heavy atom. The first-order valence-electron chi connectivity index (χ1n) is 14.3. The second-order valence-corrected chi connectivity index (χ2v) is 11.0. The number of hydrogen-bond donors (Lipinski definition) is 0. The number of anilines is 2. The van der Waals surface area contributed by atoms with Gasteiger partial charge in [0.1, 0.15) is 6.17 Å². The van der Waals surface area contributed by atoms with E-state index in [0.717, 1.165) is 36.7 Å². The van der Waals surface area contributed by atoms with Crippen molar-refractivity contribution in [3.63, 3.8) is 0 Å². The molecule has 5 nitrogen and oxygen atoms in total. The van der Waals surface area contributed by atoms with Gasteiger partial charge in [-0.05, 0) is 54.5 Å². The number of aryl methyl sites for hydroxylation is 1. The van der Waals surface area contributed by atoms with Crippen LogP contribution in [0.15, 0.2) is 90.8 Å². The molecule has 0 N–H and O–H groups in total. The summed E-state index contributed by atoms with van der Waals surface area (Å²) in [5, 5.41) is 7.58. The van der Waals surface area contributed by atoms with Crippen LogP contribution in [0.5, 0.6) is 0 Å². The van der Waals surface area contributed by atoms with E-state index in [4.69, 9.17) is 16.7 Å². The zero-order valence-electron chi connectivity index (χ0n) is 23.1. The minimum absolute atomic E-state index is 0.0537. The normalized spacial score (nSPS) is 18.2. The van der Waals surface area contributed by atoms with Gasteiger partial charge >= 0.3 is 0 Å². The van der Waals surface area contributed by atoms with Crippen LogP contribution in [-0.2, 0) is 6.42 Å². The van der Waals surface area contributed by atoms with Crippen LogP contribution < -0.4 is 9.91 Å². The van der Waals surface area contributed by atoms with E-state index in [1.165, 1.54) is 51.9 Å². The molecule has 0 bridgehead atoms. The van der Waals surface area contributed by atoms with Crippen molar-refractivity contribution in [3.05, 3.63) is 102 Å². The van der Waals surface area contributed by atoms with E-state index >= 15 is 0 Å². The lowest BCUT2D eigenvalue weighted by molar-refractivity contribution is 0.287. The van der Waals surface area contributed by atoms with Crippen LogP contribution in [-0.4, -0.2) is 21.6 Å². The van der Waals surface area contributed by atoms with Gasteiger partial charge in [-0.15, -0.1) is 5.10 Å². The number of hydrazone groups is 1. The molecule has 1 atom stereocenters. The molecule has 3 aliphatic rings. The van der Waals surface area contributed by atoms with Crippen molar-refractivity contribution in [1.82, 2.24) is 9.55 Å². The van der Waals surface area contributed by atoms with Crippen LogP contribution in [0, 0.1) is 5.41 Å². The lowest BCUT2D eigenvalue weighted by Gasteiger charge is -2.52. The van der Waals surface area contributed by atoms with Gasteiger partial charge in [-0.3, -0.25) is 9.47 Å². The van der Waals surface area contributed by atoms with Gasteiger partial charge in [0.2, 0.25) is 5.95 Å². The molecule has 3 aromatic carbocycles. The Morgan fingerprint density at radius 3 is 2.31 bits per heavy atom. The number of rotatable bonds is 7. The fourth-order valence-electron chi connectivity index (χ4n) is 6.99. The van der Waals surface area contributed by atoms with E-state index in [1.807, 2.05) is 6.20 Å². The number of benzene rings is 3. The van der Waals surface area contributed by atoms with Gasteiger partial charge < -0.3 is 0 Å². The van der Waals surface area contributed by atoms with Crippen LogP contribution in [0.3, 0.4) is 0 Å². The zero-order valence-corrected chi connectivity index (χ0v) is 23.1. The molecule has 0 amide bonds. The highest BCUT2D eigenvalue weighted by molar-refractivity contribution is 6.23. The summed E-state index contributed by atoms with van der Waals surface area (Å²) >= 11 is 0. The topological polar surface area (TPSA) is 36.7 Å². The number of amidine groups is 1. The van der Waals surface area contributed by atoms with Crippen LogP contribution in [0.1, 0.15) is 63.1 Å². The van der Waals surface area contributed by atoms with Gasteiger partial charge in [-0.25, -0.2) is 9.99 Å². The summed E-state index contributed by atoms with van der Waals surface area (Å²) in [5.41, 5.74) is 9.59. The van der Waals surface area contributed by atoms with Crippen LogP contribution >= 0.6 is 0 Å². The number of para-hydroxylation sites is 1. The van der Waals surface area contributed by atoms with Gasteiger partial charge in [-0.2, -0.15) is 0 Å². The zero-order chi connectivity index (χ0) is 26.7. The first-order valence-corrected chi connectivity index (χ1v) is 14.3. The summed E-state index contributed by atoms with van der Waals surface area (Å²) in [6, 6.07) is 24.2. The first-order chi connectivity index (χ1) is 19.1. The molecule has 0 aliphatic carbocycles. The molecule has 4 aromatic rings. The minimum atomic E-state index is -0.191. The SMILES string of the molecule is C=C1c2cccc3c2N2C(=NN(c4nccn4-c4ccc(CCCC)cc4)C2C1(CC)CC)c1ccccc1-3. The predicted molar refractivity (Wildman–Crippen MR) is 161 cm³/mol. The molecule has 1 aromatic heterocycles. The van der Waals surface area contributed by atoms with Gasteiger partial charge in [0.25, 0.3) is 0 Å². The molecule has 39 heavy (non-hydrogen) atoms. The largest absolute Gasteiger partial charge is 0.299 e. The van der Waals surface area contributed by atoms with Crippen LogP contribution in [0.4, 0.5) is 11.6 Å². The second-order valence-electron chi connectivity index (χ2n) is 11.0. The molecule has 0 radical (unpaired) electrons. The lowest BCUT2D eigenvalue weighted by atomic mass is 9.66. The average Bonchev–Trinajstić information content (AvgIpc) is 3.63. The van der Waals surface area contributed by atoms with Gasteiger partial charge in [0.15, 0.2) is 5.84 Å². The van der Waals surface area contributed by atoms with E-state index in [0.29, 0.717) is 0 Å². The third-order valence-corrected chi connectivity index (χ3v) is 9.18. The maximum absolute atomic E-state index is 5.40. The summed E-state index contributed by atoms with van der Waals surface area (Å²) < 4.78 is 2.18. The molecular weight excluding hydrogens is 478 g/mol. The first kappa shape index (κ1) is 24.0. The number of imidazole rings is 1. The Kier molecular flexibility index (Phi) is 5.51. The lowest BCUT2D eigenvalue weighted by Crippen LogP contribution is -2.58. The molecule has 3 aliphatic heterocycles. The maximum Gasteiger partial charge on any atom is 0.233 e. The molecule has 7 rings (SSSR count). The van der Waals surface area contributed by atoms with Gasteiger partial charge in [0, 0.05) is 40.2 Å². The summed E-state index contributed by atoms with van der Waals surface area (Å²) in [6.07, 6.45) is 9.34. The van der Waals surface area contributed by atoms with Crippen molar-refractivity contribution < 1.29 is 0 Å². The Labute approximate surface area is 231 Å². The van der Waals surface area contributed by atoms with Crippen molar-refractivity contribution in [2.45, 2.75) is 59.0 Å². The Balaban J connectivity index is 1.43. The Morgan fingerprint density at radius 2 is 1.56 bits per heavy atom. The number of hydrogen-bond acceptors (Lipinski definition) is 4. The highest BCUT2D eigenvalue weighted by Crippen LogP contribution is 2.59. The monoisotopic (exact) mass is 513 g/mol. The third kappa shape index (κ3) is 3.25. The molecule has 0 saturated heterocycles. The molecule has 4 heterocycles. The van der Waals surface area contributed by atoms with Crippen molar-refractivity contribution >= 4 is 23.0 Å². The fourth-order valence-corrected chi connectivity index (χ4v) is 6.99. The summed E-state index contributed by atoms with van der Waals surface area (Å²) in [5.74, 6) is 1.83. The van der Waals surface area contributed by atoms with Gasteiger partial charge in [-0.1, -0.05) is 88.4 Å². The summed E-state index contributed by atoms with van der Waals surface area (Å²) in [4.78, 5) is 7.41. The number of nitrogens with zero attached hydrogens (tertiary/aromatic N) is 5. The molecule has 0 fully saturated rings. The molecule has 1 unspecified atom stereocenters. The minimum Gasteiger partial charge on any atom is -0.299 e. The quantitative estimate of drug-likeness (QED) is 0.251.